The molecule has 0 amide bonds. The molecule has 73 heavy (non-hydrogen) atoms. The first-order valence-electron chi connectivity index (χ1n) is 29.9. The zero-order chi connectivity index (χ0) is 52.1. The summed E-state index contributed by atoms with van der Waals surface area (Å²) in [5.41, 5.74) is 5.15. The molecule has 408 valence electrons. The quantitative estimate of drug-likeness (QED) is 0.0248. The first-order valence-corrected chi connectivity index (χ1v) is 32.8. The Balaban J connectivity index is 0.000000493. The van der Waals surface area contributed by atoms with E-state index in [2.05, 4.69) is 39.8 Å². The molecule has 0 bridgehead atoms. The Kier molecular flexibility index (Phi) is 38.9. The second-order valence-electron chi connectivity index (χ2n) is 21.4. The largest absolute Gasteiger partial charge is 2.00 e. The van der Waals surface area contributed by atoms with Crippen LogP contribution < -0.4 is 0 Å². The fourth-order valence-electron chi connectivity index (χ4n) is 10.6. The third kappa shape index (κ3) is 29.4. The van der Waals surface area contributed by atoms with Crippen molar-refractivity contribution in [1.29, 1.82) is 0 Å². The van der Waals surface area contributed by atoms with Gasteiger partial charge in [0.1, 0.15) is 20.2 Å². The molecule has 6 nitrogen and oxygen atoms in total. The Labute approximate surface area is 489 Å². The molecule has 0 heterocycles. The third-order valence-corrected chi connectivity index (χ3v) is 16.8. The van der Waals surface area contributed by atoms with E-state index in [0.717, 1.165) is 49.3 Å². The van der Waals surface area contributed by atoms with E-state index in [4.69, 9.17) is 0 Å². The van der Waals surface area contributed by atoms with Crippen LogP contribution in [0, 0.1) is 0 Å². The van der Waals surface area contributed by atoms with Gasteiger partial charge in [-0.1, -0.05) is 270 Å². The van der Waals surface area contributed by atoms with Crippen LogP contribution in [0.5, 0.6) is 0 Å². The van der Waals surface area contributed by atoms with Crippen LogP contribution in [0.15, 0.2) is 70.5 Å². The maximum absolute atomic E-state index is 11.9. The summed E-state index contributed by atoms with van der Waals surface area (Å²) < 4.78 is 71.2. The van der Waals surface area contributed by atoms with E-state index >= 15 is 0 Å². The molecule has 0 unspecified atom stereocenters. The monoisotopic (exact) mass is 1170 g/mol. The Morgan fingerprint density at radius 2 is 0.507 bits per heavy atom. The van der Waals surface area contributed by atoms with Crippen molar-refractivity contribution >= 4 is 90.7 Å². The zero-order valence-electron chi connectivity index (χ0n) is 47.0. The van der Waals surface area contributed by atoms with Crippen molar-refractivity contribution in [2.45, 2.75) is 294 Å². The minimum absolute atomic E-state index is 0. The van der Waals surface area contributed by atoms with E-state index in [0.29, 0.717) is 10.8 Å². The van der Waals surface area contributed by atoms with Crippen LogP contribution in [0.25, 0.3) is 21.5 Å². The molecule has 0 aliphatic rings. The number of unbranched alkanes of at least 4 members (excludes halogenated alkanes) is 32. The van der Waals surface area contributed by atoms with Gasteiger partial charge in [-0.2, -0.15) is 0 Å². The van der Waals surface area contributed by atoms with Crippen LogP contribution in [0.4, 0.5) is 0 Å². The van der Waals surface area contributed by atoms with Crippen molar-refractivity contribution in [3.05, 3.63) is 82.9 Å². The Hall–Kier alpha value is -1.21. The SMILES string of the molecule is CCCCCCCCCCCc1cc2cccc(S(=O)(=O)[O-])c2cc1CCCCCCCCCCC.CCCCCCCCCCCc1cc2cccc(S(=O)(=O)[O-])c2cc1CCCCCCCCCCC.[Ba+2]. The minimum atomic E-state index is -4.49. The number of benzene rings is 4. The summed E-state index contributed by atoms with van der Waals surface area (Å²) in [4.78, 5) is -0.161. The summed E-state index contributed by atoms with van der Waals surface area (Å²) in [6.45, 7) is 9.03. The van der Waals surface area contributed by atoms with Gasteiger partial charge in [-0.15, -0.1) is 0 Å². The van der Waals surface area contributed by atoms with Crippen molar-refractivity contribution in [3.63, 3.8) is 0 Å². The first kappa shape index (κ1) is 67.9. The number of fused-ring (bicyclic) bond motifs is 2. The fraction of sp³-hybridized carbons (Fsp3) is 0.688. The summed E-state index contributed by atoms with van der Waals surface area (Å²) in [6.07, 6.45) is 50.8. The van der Waals surface area contributed by atoms with Gasteiger partial charge in [0.15, 0.2) is 0 Å². The van der Waals surface area contributed by atoms with Gasteiger partial charge >= 0.3 is 48.9 Å². The van der Waals surface area contributed by atoms with E-state index in [-0.39, 0.29) is 58.7 Å². The van der Waals surface area contributed by atoms with Crippen LogP contribution in [0.3, 0.4) is 0 Å². The molecule has 0 fully saturated rings. The average molecular weight is 1170 g/mol. The standard InChI is InChI=1S/2C32H52O3S.Ba/c2*1-3-5-7-9-11-13-15-17-19-22-28-26-30-24-21-25-32(36(33,34)35)31(30)27-29(28)23-20-18-16-14-12-10-8-6-4-2;/h2*21,24-27H,3-20,22-23H2,1-2H3,(H,33,34,35);/q;;+2/p-2. The molecule has 0 atom stereocenters. The normalized spacial score (nSPS) is 11.8. The summed E-state index contributed by atoms with van der Waals surface area (Å²) in [5.74, 6) is 0. The topological polar surface area (TPSA) is 114 Å². The van der Waals surface area contributed by atoms with Crippen molar-refractivity contribution in [3.8, 4) is 0 Å². The molecule has 0 saturated heterocycles. The summed E-state index contributed by atoms with van der Waals surface area (Å²) in [7, 11) is -8.97. The van der Waals surface area contributed by atoms with Gasteiger partial charge in [0.2, 0.25) is 0 Å². The molecule has 4 aromatic carbocycles. The third-order valence-electron chi connectivity index (χ3n) is 15.1. The van der Waals surface area contributed by atoms with Gasteiger partial charge in [-0.05, 0) is 119 Å². The summed E-state index contributed by atoms with van der Waals surface area (Å²) in [5, 5.41) is 2.92. The predicted octanol–water partition coefficient (Wildman–Crippen LogP) is 19.4. The smallest absolute Gasteiger partial charge is 0.744 e. The molecule has 0 aromatic heterocycles. The second-order valence-corrected chi connectivity index (χ2v) is 24.1. The van der Waals surface area contributed by atoms with Gasteiger partial charge < -0.3 is 9.11 Å². The number of hydrogen-bond donors (Lipinski definition) is 0. The molecule has 4 rings (SSSR count). The predicted molar refractivity (Wildman–Crippen MR) is 313 cm³/mol. The number of rotatable bonds is 42. The maximum atomic E-state index is 11.9. The minimum Gasteiger partial charge on any atom is -0.744 e. The van der Waals surface area contributed by atoms with Gasteiger partial charge in [-0.3, -0.25) is 0 Å². The molecule has 0 spiro atoms. The molecule has 0 N–H and O–H groups in total. The van der Waals surface area contributed by atoms with Crippen LogP contribution >= 0.6 is 0 Å². The molecule has 4 aromatic rings. The molecule has 9 heteroatoms. The fourth-order valence-corrected chi connectivity index (χ4v) is 12.0. The Bertz CT molecular complexity index is 2100. The molecule has 0 aliphatic heterocycles. The molecule has 0 saturated carbocycles. The average Bonchev–Trinajstić information content (AvgIpc) is 3.35. The van der Waals surface area contributed by atoms with E-state index in [1.807, 2.05) is 24.3 Å². The molecule has 0 radical (unpaired) electrons. The summed E-state index contributed by atoms with van der Waals surface area (Å²) in [6, 6.07) is 18.5. The number of aryl methyl sites for hydroxylation is 4. The Morgan fingerprint density at radius 1 is 0.301 bits per heavy atom. The summed E-state index contributed by atoms with van der Waals surface area (Å²) >= 11 is 0. The van der Waals surface area contributed by atoms with E-state index in [1.165, 1.54) is 253 Å². The van der Waals surface area contributed by atoms with Gasteiger partial charge in [0.05, 0.1) is 9.79 Å². The second kappa shape index (κ2) is 41.8. The first-order chi connectivity index (χ1) is 34.9. The van der Waals surface area contributed by atoms with Gasteiger partial charge in [0.25, 0.3) is 0 Å². The van der Waals surface area contributed by atoms with E-state index in [9.17, 15) is 25.9 Å². The number of hydrogen-bond acceptors (Lipinski definition) is 6. The molecular weight excluding hydrogens is 1070 g/mol. The zero-order valence-corrected chi connectivity index (χ0v) is 53.1. The van der Waals surface area contributed by atoms with E-state index < -0.39 is 20.2 Å². The van der Waals surface area contributed by atoms with Crippen LogP contribution in [0.2, 0.25) is 0 Å². The molecular formula is C64H102BaO6S2. The van der Waals surface area contributed by atoms with Crippen LogP contribution in [0.1, 0.15) is 281 Å². The Morgan fingerprint density at radius 3 is 0.726 bits per heavy atom. The maximum Gasteiger partial charge on any atom is 2.00 e. The van der Waals surface area contributed by atoms with Crippen molar-refractivity contribution < 1.29 is 25.9 Å². The van der Waals surface area contributed by atoms with Crippen molar-refractivity contribution in [2.75, 3.05) is 0 Å². The van der Waals surface area contributed by atoms with Crippen LogP contribution in [-0.2, 0) is 45.9 Å². The van der Waals surface area contributed by atoms with E-state index in [1.54, 1.807) is 12.1 Å². The van der Waals surface area contributed by atoms with Crippen molar-refractivity contribution in [2.24, 2.45) is 0 Å². The van der Waals surface area contributed by atoms with Gasteiger partial charge in [0, 0.05) is 0 Å². The van der Waals surface area contributed by atoms with Crippen molar-refractivity contribution in [1.82, 2.24) is 0 Å². The molecule has 0 aliphatic carbocycles. The van der Waals surface area contributed by atoms with Gasteiger partial charge in [-0.25, -0.2) is 16.8 Å². The van der Waals surface area contributed by atoms with Crippen LogP contribution in [-0.4, -0.2) is 74.8 Å².